The second kappa shape index (κ2) is 6.90. The fraction of sp³-hybridized carbons (Fsp3) is 0.474. The van der Waals surface area contributed by atoms with E-state index in [9.17, 15) is 14.9 Å². The molecular formula is C19H23N3O4. The molecule has 0 saturated carbocycles. The van der Waals surface area contributed by atoms with Crippen molar-refractivity contribution >= 4 is 22.7 Å². The van der Waals surface area contributed by atoms with Crippen molar-refractivity contribution in [3.8, 4) is 0 Å². The Morgan fingerprint density at radius 2 is 2.08 bits per heavy atom. The molecular weight excluding hydrogens is 334 g/mol. The second-order valence-corrected chi connectivity index (χ2v) is 7.61. The first-order chi connectivity index (χ1) is 12.2. The number of carbonyl (C=O) groups excluding carboxylic acids is 1. The number of ether oxygens (including phenoxy) is 1. The van der Waals surface area contributed by atoms with E-state index in [2.05, 4.69) is 4.98 Å². The number of carbonyl (C=O) groups is 1. The summed E-state index contributed by atoms with van der Waals surface area (Å²) in [4.78, 5) is 29.7. The Hall–Kier alpha value is -2.70. The van der Waals surface area contributed by atoms with Crippen molar-refractivity contribution < 1.29 is 14.5 Å². The first-order valence-electron chi connectivity index (χ1n) is 8.76. The zero-order chi connectivity index (χ0) is 18.9. The summed E-state index contributed by atoms with van der Waals surface area (Å²) in [5.41, 5.74) is 0.612. The van der Waals surface area contributed by atoms with E-state index in [1.807, 2.05) is 45.0 Å². The molecule has 1 aliphatic rings. The third kappa shape index (κ3) is 3.92. The Bertz CT molecular complexity index is 844. The standard InChI is InChI=1S/C19H23N3O4/c1-19(2,3)26-18(23)21-10-6-8-14(12-21)17-16(22(24)25)11-13-7-4-5-9-15(13)20-17/h4-5,7,9,11,14H,6,8,10,12H2,1-3H3/t14-/m1/s1. The molecule has 1 aliphatic heterocycles. The monoisotopic (exact) mass is 357 g/mol. The maximum Gasteiger partial charge on any atom is 0.410 e. The summed E-state index contributed by atoms with van der Waals surface area (Å²) in [5, 5.41) is 12.3. The molecule has 1 amide bonds. The molecule has 3 rings (SSSR count). The SMILES string of the molecule is CC(C)(C)OC(=O)N1CCC[C@@H](c2nc3ccccc3cc2[N+](=O)[O-])C1. The molecule has 1 atom stereocenters. The van der Waals surface area contributed by atoms with Crippen LogP contribution < -0.4 is 0 Å². The van der Waals surface area contributed by atoms with Gasteiger partial charge in [0.25, 0.3) is 5.69 Å². The maximum absolute atomic E-state index is 12.4. The molecule has 2 aromatic rings. The highest BCUT2D eigenvalue weighted by atomic mass is 16.6. The van der Waals surface area contributed by atoms with Crippen molar-refractivity contribution in [3.05, 3.63) is 46.1 Å². The third-order valence-corrected chi connectivity index (χ3v) is 4.39. The van der Waals surface area contributed by atoms with Crippen LogP contribution in [0.25, 0.3) is 10.9 Å². The van der Waals surface area contributed by atoms with Crippen molar-refractivity contribution in [3.63, 3.8) is 0 Å². The van der Waals surface area contributed by atoms with Gasteiger partial charge >= 0.3 is 6.09 Å². The van der Waals surface area contributed by atoms with Gasteiger partial charge in [-0.3, -0.25) is 10.1 Å². The summed E-state index contributed by atoms with van der Waals surface area (Å²) in [6.45, 7) is 6.43. The predicted octanol–water partition coefficient (Wildman–Crippen LogP) is 4.26. The lowest BCUT2D eigenvalue weighted by Gasteiger charge is -2.33. The van der Waals surface area contributed by atoms with Gasteiger partial charge in [-0.2, -0.15) is 0 Å². The second-order valence-electron chi connectivity index (χ2n) is 7.61. The summed E-state index contributed by atoms with van der Waals surface area (Å²) in [7, 11) is 0. The molecule has 26 heavy (non-hydrogen) atoms. The first-order valence-corrected chi connectivity index (χ1v) is 8.76. The lowest BCUT2D eigenvalue weighted by atomic mass is 9.93. The van der Waals surface area contributed by atoms with Gasteiger partial charge in [0.1, 0.15) is 11.3 Å². The van der Waals surface area contributed by atoms with E-state index in [0.29, 0.717) is 18.8 Å². The molecule has 0 aliphatic carbocycles. The highest BCUT2D eigenvalue weighted by molar-refractivity contribution is 5.81. The lowest BCUT2D eigenvalue weighted by Crippen LogP contribution is -2.42. The van der Waals surface area contributed by atoms with Gasteiger partial charge in [-0.05, 0) is 39.7 Å². The average Bonchev–Trinajstić information content (AvgIpc) is 2.59. The van der Waals surface area contributed by atoms with Gasteiger partial charge in [0.2, 0.25) is 0 Å². The summed E-state index contributed by atoms with van der Waals surface area (Å²) in [6, 6.07) is 8.92. The number of benzene rings is 1. The highest BCUT2D eigenvalue weighted by Crippen LogP contribution is 2.34. The largest absolute Gasteiger partial charge is 0.444 e. The van der Waals surface area contributed by atoms with Crippen LogP contribution in [0.1, 0.15) is 45.2 Å². The van der Waals surface area contributed by atoms with Gasteiger partial charge in [-0.15, -0.1) is 0 Å². The molecule has 7 heteroatoms. The summed E-state index contributed by atoms with van der Waals surface area (Å²) in [6.07, 6.45) is 1.13. The predicted molar refractivity (Wildman–Crippen MR) is 98.2 cm³/mol. The number of likely N-dealkylation sites (tertiary alicyclic amines) is 1. The molecule has 1 saturated heterocycles. The van der Waals surface area contributed by atoms with E-state index in [4.69, 9.17) is 4.74 Å². The number of para-hydroxylation sites is 1. The number of rotatable bonds is 2. The molecule has 0 spiro atoms. The van der Waals surface area contributed by atoms with Crippen molar-refractivity contribution in [1.29, 1.82) is 0 Å². The number of aromatic nitrogens is 1. The van der Waals surface area contributed by atoms with Gasteiger partial charge in [0, 0.05) is 30.5 Å². The fourth-order valence-corrected chi connectivity index (χ4v) is 3.26. The molecule has 0 radical (unpaired) electrons. The van der Waals surface area contributed by atoms with Crippen molar-refractivity contribution in [2.45, 2.75) is 45.1 Å². The van der Waals surface area contributed by atoms with Crippen molar-refractivity contribution in [1.82, 2.24) is 9.88 Å². The van der Waals surface area contributed by atoms with Gasteiger partial charge in [0.05, 0.1) is 10.4 Å². The number of nitro groups is 1. The van der Waals surface area contributed by atoms with E-state index < -0.39 is 5.60 Å². The van der Waals surface area contributed by atoms with Crippen LogP contribution in [-0.2, 0) is 4.74 Å². The van der Waals surface area contributed by atoms with Crippen molar-refractivity contribution in [2.75, 3.05) is 13.1 Å². The smallest absolute Gasteiger partial charge is 0.410 e. The first kappa shape index (κ1) is 18.1. The summed E-state index contributed by atoms with van der Waals surface area (Å²) in [5.74, 6) is -0.179. The maximum atomic E-state index is 12.4. The topological polar surface area (TPSA) is 85.6 Å². The fourth-order valence-electron chi connectivity index (χ4n) is 3.26. The van der Waals surface area contributed by atoms with Gasteiger partial charge in [-0.25, -0.2) is 9.78 Å². The molecule has 138 valence electrons. The lowest BCUT2D eigenvalue weighted by molar-refractivity contribution is -0.386. The minimum Gasteiger partial charge on any atom is -0.444 e. The molecule has 7 nitrogen and oxygen atoms in total. The van der Waals surface area contributed by atoms with E-state index in [0.717, 1.165) is 23.7 Å². The Morgan fingerprint density at radius 1 is 1.35 bits per heavy atom. The molecule has 0 bridgehead atoms. The van der Waals surface area contributed by atoms with Crippen LogP contribution in [0.15, 0.2) is 30.3 Å². The van der Waals surface area contributed by atoms with Crippen LogP contribution in [0, 0.1) is 10.1 Å². The van der Waals surface area contributed by atoms with Gasteiger partial charge in [0.15, 0.2) is 0 Å². The van der Waals surface area contributed by atoms with Crippen LogP contribution in [0.3, 0.4) is 0 Å². The Morgan fingerprint density at radius 3 is 2.77 bits per heavy atom. The Balaban J connectivity index is 1.91. The number of piperidine rings is 1. The third-order valence-electron chi connectivity index (χ3n) is 4.39. The molecule has 1 aromatic heterocycles. The van der Waals surface area contributed by atoms with Crippen LogP contribution in [0.5, 0.6) is 0 Å². The number of hydrogen-bond acceptors (Lipinski definition) is 5. The quantitative estimate of drug-likeness (QED) is 0.592. The van der Waals surface area contributed by atoms with E-state index in [-0.39, 0.29) is 22.6 Å². The van der Waals surface area contributed by atoms with Crippen LogP contribution >= 0.6 is 0 Å². The van der Waals surface area contributed by atoms with E-state index in [1.54, 1.807) is 11.0 Å². The number of fused-ring (bicyclic) bond motifs is 1. The molecule has 1 aromatic carbocycles. The van der Waals surface area contributed by atoms with E-state index in [1.165, 1.54) is 0 Å². The van der Waals surface area contributed by atoms with Crippen molar-refractivity contribution in [2.24, 2.45) is 0 Å². The van der Waals surface area contributed by atoms with Crippen LogP contribution in [0.2, 0.25) is 0 Å². The Labute approximate surface area is 152 Å². The molecule has 0 N–H and O–H groups in total. The minimum atomic E-state index is -0.572. The molecule has 0 unspecified atom stereocenters. The average molecular weight is 357 g/mol. The molecule has 2 heterocycles. The highest BCUT2D eigenvalue weighted by Gasteiger charge is 2.32. The Kier molecular flexibility index (Phi) is 4.80. The summed E-state index contributed by atoms with van der Waals surface area (Å²) < 4.78 is 5.44. The van der Waals surface area contributed by atoms with Crippen LogP contribution in [-0.4, -0.2) is 39.6 Å². The number of hydrogen-bond donors (Lipinski definition) is 0. The molecule has 1 fully saturated rings. The number of nitrogens with zero attached hydrogens (tertiary/aromatic N) is 3. The zero-order valence-corrected chi connectivity index (χ0v) is 15.3. The van der Waals surface area contributed by atoms with Gasteiger partial charge in [-0.1, -0.05) is 18.2 Å². The summed E-state index contributed by atoms with van der Waals surface area (Å²) >= 11 is 0. The normalized spacial score (nSPS) is 18.0. The number of amides is 1. The van der Waals surface area contributed by atoms with Crippen LogP contribution in [0.4, 0.5) is 10.5 Å². The van der Waals surface area contributed by atoms with E-state index >= 15 is 0 Å². The van der Waals surface area contributed by atoms with Gasteiger partial charge < -0.3 is 9.64 Å². The minimum absolute atomic E-state index is 0.0136. The number of pyridine rings is 1. The zero-order valence-electron chi connectivity index (χ0n) is 15.3.